The van der Waals surface area contributed by atoms with Crippen LogP contribution in [-0.4, -0.2) is 78.9 Å². The summed E-state index contributed by atoms with van der Waals surface area (Å²) in [4.78, 5) is 16.3. The van der Waals surface area contributed by atoms with Crippen molar-refractivity contribution in [3.8, 4) is 0 Å². The number of pyridine rings is 1. The van der Waals surface area contributed by atoms with Gasteiger partial charge in [0.05, 0.1) is 29.7 Å². The number of nitrogens with one attached hydrogen (secondary N) is 1. The van der Waals surface area contributed by atoms with E-state index in [9.17, 15) is 31.1 Å². The lowest BCUT2D eigenvalue weighted by atomic mass is 9.90. The van der Waals surface area contributed by atoms with Crippen molar-refractivity contribution in [3.05, 3.63) is 41.7 Å². The first-order chi connectivity index (χ1) is 19.2. The van der Waals surface area contributed by atoms with Gasteiger partial charge in [0, 0.05) is 49.6 Å². The molecule has 2 aliphatic heterocycles. The maximum absolute atomic E-state index is 14.3. The van der Waals surface area contributed by atoms with Gasteiger partial charge in [0.15, 0.2) is 0 Å². The number of fused-ring (bicyclic) bond motifs is 1. The molecule has 0 saturated carbocycles. The van der Waals surface area contributed by atoms with E-state index in [2.05, 4.69) is 20.3 Å². The normalized spacial score (nSPS) is 20.5. The molecular weight excluding hydrogens is 564 g/mol. The molecule has 3 aromatic rings. The predicted octanol–water partition coefficient (Wildman–Crippen LogP) is 4.30. The number of halogens is 4. The van der Waals surface area contributed by atoms with Gasteiger partial charge in [-0.25, -0.2) is 22.8 Å². The summed E-state index contributed by atoms with van der Waals surface area (Å²) in [7, 11) is -3.25. The predicted molar refractivity (Wildman–Crippen MR) is 149 cm³/mol. The Morgan fingerprint density at radius 1 is 1.10 bits per heavy atom. The van der Waals surface area contributed by atoms with Crippen LogP contribution < -0.4 is 15.1 Å². The fourth-order valence-electron chi connectivity index (χ4n) is 5.49. The second-order valence-corrected chi connectivity index (χ2v) is 13.4. The van der Waals surface area contributed by atoms with Crippen molar-refractivity contribution in [1.29, 1.82) is 0 Å². The first-order valence-corrected chi connectivity index (χ1v) is 15.4. The van der Waals surface area contributed by atoms with Gasteiger partial charge in [-0.15, -0.1) is 0 Å². The standard InChI is InChI=1S/C27H32F4N6O3S/c1-15(2)17-8-20(27(29,30)31)25(37-11-16(12-37)14-41(3,39)40)19-10-33-24(9-18(17)19)34-23-4-6-32-26(35-23)36-7-5-22(38)21(28)13-36/h4,6,8-10,15-16,21-22,38H,5,7,11-14H2,1-3H3,(H,32,33,34,35). The molecule has 0 bridgehead atoms. The second kappa shape index (κ2) is 10.9. The fraction of sp³-hybridized carbons (Fsp3) is 0.519. The number of rotatable bonds is 7. The molecule has 2 aliphatic rings. The summed E-state index contributed by atoms with van der Waals surface area (Å²) in [5.74, 6) is 0.448. The van der Waals surface area contributed by atoms with E-state index in [1.54, 1.807) is 21.9 Å². The molecule has 4 heterocycles. The minimum absolute atomic E-state index is 0.00177. The smallest absolute Gasteiger partial charge is 0.390 e. The minimum atomic E-state index is -4.62. The van der Waals surface area contributed by atoms with E-state index in [1.807, 2.05) is 13.8 Å². The van der Waals surface area contributed by atoms with Crippen molar-refractivity contribution in [2.75, 3.05) is 53.3 Å². The molecular formula is C27H32F4N6O3S. The maximum Gasteiger partial charge on any atom is 0.418 e. The number of sulfone groups is 1. The largest absolute Gasteiger partial charge is 0.418 e. The highest BCUT2D eigenvalue weighted by Crippen LogP contribution is 2.46. The van der Waals surface area contributed by atoms with E-state index >= 15 is 0 Å². The van der Waals surface area contributed by atoms with E-state index in [1.165, 1.54) is 18.5 Å². The number of aliphatic hydroxyl groups excluding tert-OH is 1. The molecule has 222 valence electrons. The molecule has 0 radical (unpaired) electrons. The van der Waals surface area contributed by atoms with E-state index < -0.39 is 33.9 Å². The summed E-state index contributed by atoms with van der Waals surface area (Å²) in [6, 6.07) is 4.46. The number of alkyl halides is 4. The summed E-state index contributed by atoms with van der Waals surface area (Å²) < 4.78 is 80.4. The van der Waals surface area contributed by atoms with E-state index in [4.69, 9.17) is 0 Å². The van der Waals surface area contributed by atoms with Gasteiger partial charge in [-0.3, -0.25) is 0 Å². The van der Waals surface area contributed by atoms with Crippen LogP contribution in [0.15, 0.2) is 30.6 Å². The van der Waals surface area contributed by atoms with Gasteiger partial charge in [-0.05, 0) is 41.5 Å². The summed E-state index contributed by atoms with van der Waals surface area (Å²) in [6.45, 7) is 4.38. The average molecular weight is 597 g/mol. The van der Waals surface area contributed by atoms with Crippen LogP contribution in [0.5, 0.6) is 0 Å². The van der Waals surface area contributed by atoms with Crippen LogP contribution in [0.3, 0.4) is 0 Å². The number of anilines is 4. The zero-order chi connectivity index (χ0) is 29.7. The maximum atomic E-state index is 14.3. The van der Waals surface area contributed by atoms with Crippen LogP contribution >= 0.6 is 0 Å². The molecule has 0 amide bonds. The first-order valence-electron chi connectivity index (χ1n) is 13.3. The molecule has 41 heavy (non-hydrogen) atoms. The Morgan fingerprint density at radius 2 is 1.83 bits per heavy atom. The molecule has 2 N–H and O–H groups in total. The number of piperidine rings is 1. The van der Waals surface area contributed by atoms with Gasteiger partial charge >= 0.3 is 6.18 Å². The van der Waals surface area contributed by atoms with Gasteiger partial charge in [-0.1, -0.05) is 13.8 Å². The third-order valence-electron chi connectivity index (χ3n) is 7.45. The second-order valence-electron chi connectivity index (χ2n) is 11.2. The Kier molecular flexibility index (Phi) is 7.74. The highest BCUT2D eigenvalue weighted by Gasteiger charge is 2.40. The van der Waals surface area contributed by atoms with Crippen molar-refractivity contribution in [3.63, 3.8) is 0 Å². The fourth-order valence-corrected chi connectivity index (χ4v) is 6.56. The third kappa shape index (κ3) is 6.32. The van der Waals surface area contributed by atoms with Gasteiger partial charge < -0.3 is 20.2 Å². The van der Waals surface area contributed by atoms with E-state index in [0.29, 0.717) is 34.5 Å². The van der Waals surface area contributed by atoms with Crippen LogP contribution in [-0.2, 0) is 16.0 Å². The van der Waals surface area contributed by atoms with Crippen LogP contribution in [0.2, 0.25) is 0 Å². The van der Waals surface area contributed by atoms with E-state index in [-0.39, 0.29) is 55.3 Å². The number of hydrogen-bond acceptors (Lipinski definition) is 9. The molecule has 2 fully saturated rings. The van der Waals surface area contributed by atoms with E-state index in [0.717, 1.165) is 6.26 Å². The number of hydrogen-bond donors (Lipinski definition) is 2. The van der Waals surface area contributed by atoms with Crippen molar-refractivity contribution < 1.29 is 31.1 Å². The van der Waals surface area contributed by atoms with Gasteiger partial charge in [0.1, 0.15) is 27.6 Å². The van der Waals surface area contributed by atoms with Crippen molar-refractivity contribution >= 4 is 43.9 Å². The molecule has 0 aliphatic carbocycles. The van der Waals surface area contributed by atoms with Gasteiger partial charge in [0.25, 0.3) is 0 Å². The molecule has 9 nitrogen and oxygen atoms in total. The number of aliphatic hydroxyl groups is 1. The Balaban J connectivity index is 1.49. The monoisotopic (exact) mass is 596 g/mol. The Morgan fingerprint density at radius 3 is 2.46 bits per heavy atom. The molecule has 14 heteroatoms. The molecule has 0 spiro atoms. The number of aromatic nitrogens is 3. The molecule has 2 atom stereocenters. The zero-order valence-electron chi connectivity index (χ0n) is 22.9. The first kappa shape index (κ1) is 29.2. The lowest BCUT2D eigenvalue weighted by Crippen LogP contribution is -2.50. The van der Waals surface area contributed by atoms with Crippen molar-refractivity contribution in [2.45, 2.75) is 44.6 Å². The van der Waals surface area contributed by atoms with Crippen molar-refractivity contribution in [1.82, 2.24) is 15.0 Å². The highest BCUT2D eigenvalue weighted by atomic mass is 32.2. The minimum Gasteiger partial charge on any atom is -0.390 e. The van der Waals surface area contributed by atoms with Crippen molar-refractivity contribution in [2.24, 2.45) is 5.92 Å². The van der Waals surface area contributed by atoms with Gasteiger partial charge in [0.2, 0.25) is 5.95 Å². The molecule has 1 aromatic carbocycles. The lowest BCUT2D eigenvalue weighted by molar-refractivity contribution is -0.137. The molecule has 2 unspecified atom stereocenters. The summed E-state index contributed by atoms with van der Waals surface area (Å²) in [5.41, 5.74) is -0.274. The van der Waals surface area contributed by atoms with Crippen LogP contribution in [0.4, 0.5) is 40.8 Å². The SMILES string of the molecule is CC(C)c1cc(C(F)(F)F)c(N2CC(CS(C)(=O)=O)C2)c2cnc(Nc3ccnc(N4CCC(O)C(F)C4)n3)cc12. The topological polar surface area (TPSA) is 112 Å². The summed E-state index contributed by atoms with van der Waals surface area (Å²) >= 11 is 0. The molecule has 2 saturated heterocycles. The summed E-state index contributed by atoms with van der Waals surface area (Å²) in [5, 5.41) is 13.7. The Hall–Kier alpha value is -3.26. The van der Waals surface area contributed by atoms with Crippen LogP contribution in [0.1, 0.15) is 37.3 Å². The zero-order valence-corrected chi connectivity index (χ0v) is 23.7. The summed E-state index contributed by atoms with van der Waals surface area (Å²) in [6.07, 6.45) is -2.77. The quantitative estimate of drug-likeness (QED) is 0.386. The Labute approximate surface area is 235 Å². The van der Waals surface area contributed by atoms with Crippen LogP contribution in [0, 0.1) is 5.92 Å². The molecule has 2 aromatic heterocycles. The van der Waals surface area contributed by atoms with Gasteiger partial charge in [-0.2, -0.15) is 18.2 Å². The lowest BCUT2D eigenvalue weighted by Gasteiger charge is -2.42. The molecule has 5 rings (SSSR count). The average Bonchev–Trinajstić information content (AvgIpc) is 2.85. The number of benzene rings is 1. The van der Waals surface area contributed by atoms with Crippen LogP contribution in [0.25, 0.3) is 10.8 Å². The highest BCUT2D eigenvalue weighted by molar-refractivity contribution is 7.90. The third-order valence-corrected chi connectivity index (χ3v) is 8.53. The Bertz CT molecular complexity index is 1550. The number of nitrogens with zero attached hydrogens (tertiary/aromatic N) is 5.